The van der Waals surface area contributed by atoms with E-state index in [1.54, 1.807) is 12.1 Å². The SMILES string of the molecule is COc1ccc2[nH]nc(C(=O)O)c2c1Cl. The highest BCUT2D eigenvalue weighted by Crippen LogP contribution is 2.33. The van der Waals surface area contributed by atoms with Gasteiger partial charge >= 0.3 is 5.97 Å². The Labute approximate surface area is 89.6 Å². The fraction of sp³-hybridized carbons (Fsp3) is 0.111. The van der Waals surface area contributed by atoms with Crippen molar-refractivity contribution in [3.05, 3.63) is 22.8 Å². The van der Waals surface area contributed by atoms with Crippen LogP contribution in [-0.4, -0.2) is 28.4 Å². The maximum atomic E-state index is 10.8. The predicted molar refractivity (Wildman–Crippen MR) is 54.6 cm³/mol. The largest absolute Gasteiger partial charge is 0.495 e. The number of carbonyl (C=O) groups is 1. The van der Waals surface area contributed by atoms with Crippen molar-refractivity contribution < 1.29 is 14.6 Å². The third-order valence-corrected chi connectivity index (χ3v) is 2.43. The third-order valence-electron chi connectivity index (χ3n) is 2.05. The Balaban J connectivity index is 2.82. The molecule has 6 heteroatoms. The normalized spacial score (nSPS) is 10.5. The maximum Gasteiger partial charge on any atom is 0.357 e. The molecule has 0 saturated heterocycles. The van der Waals surface area contributed by atoms with Crippen LogP contribution < -0.4 is 4.74 Å². The number of aromatic carboxylic acids is 1. The van der Waals surface area contributed by atoms with Crippen molar-refractivity contribution in [3.8, 4) is 5.75 Å². The molecule has 1 aromatic carbocycles. The average molecular weight is 227 g/mol. The smallest absolute Gasteiger partial charge is 0.357 e. The molecule has 0 atom stereocenters. The summed E-state index contributed by atoms with van der Waals surface area (Å²) in [5.41, 5.74) is 0.465. The van der Waals surface area contributed by atoms with Gasteiger partial charge in [0.05, 0.1) is 23.0 Å². The average Bonchev–Trinajstić information content (AvgIpc) is 2.63. The molecule has 2 rings (SSSR count). The minimum absolute atomic E-state index is 0.103. The number of carboxylic acids is 1. The lowest BCUT2D eigenvalue weighted by atomic mass is 10.2. The first-order valence-electron chi connectivity index (χ1n) is 4.09. The molecule has 5 nitrogen and oxygen atoms in total. The maximum absolute atomic E-state index is 10.8. The molecule has 15 heavy (non-hydrogen) atoms. The van der Waals surface area contributed by atoms with Gasteiger partial charge in [0.25, 0.3) is 0 Å². The molecule has 1 aromatic heterocycles. The summed E-state index contributed by atoms with van der Waals surface area (Å²) in [6.07, 6.45) is 0. The minimum Gasteiger partial charge on any atom is -0.495 e. The molecule has 0 spiro atoms. The number of benzene rings is 1. The van der Waals surface area contributed by atoms with Crippen molar-refractivity contribution in [3.63, 3.8) is 0 Å². The molecule has 2 N–H and O–H groups in total. The first-order valence-corrected chi connectivity index (χ1v) is 4.46. The zero-order valence-electron chi connectivity index (χ0n) is 7.74. The van der Waals surface area contributed by atoms with E-state index in [-0.39, 0.29) is 10.7 Å². The van der Waals surface area contributed by atoms with Crippen molar-refractivity contribution in [1.29, 1.82) is 0 Å². The summed E-state index contributed by atoms with van der Waals surface area (Å²) in [7, 11) is 1.47. The van der Waals surface area contributed by atoms with Crippen LogP contribution >= 0.6 is 11.6 Å². The molecule has 0 amide bonds. The summed E-state index contributed by atoms with van der Waals surface area (Å²) in [6, 6.07) is 3.31. The van der Waals surface area contributed by atoms with E-state index in [9.17, 15) is 4.79 Å². The number of aromatic amines is 1. The second kappa shape index (κ2) is 3.43. The molecular formula is C9H7ClN2O3. The Hall–Kier alpha value is -1.75. The van der Waals surface area contributed by atoms with Crippen molar-refractivity contribution in [2.24, 2.45) is 0 Å². The van der Waals surface area contributed by atoms with E-state index in [1.807, 2.05) is 0 Å². The molecule has 0 radical (unpaired) electrons. The van der Waals surface area contributed by atoms with Gasteiger partial charge in [-0.05, 0) is 12.1 Å². The lowest BCUT2D eigenvalue weighted by Gasteiger charge is -2.02. The summed E-state index contributed by atoms with van der Waals surface area (Å²) < 4.78 is 4.99. The quantitative estimate of drug-likeness (QED) is 0.820. The number of hydrogen-bond donors (Lipinski definition) is 2. The third kappa shape index (κ3) is 1.41. The molecule has 0 aliphatic rings. The van der Waals surface area contributed by atoms with E-state index in [0.717, 1.165) is 0 Å². The zero-order valence-corrected chi connectivity index (χ0v) is 8.50. The van der Waals surface area contributed by atoms with E-state index < -0.39 is 5.97 Å². The standard InChI is InChI=1S/C9H7ClN2O3/c1-15-5-3-2-4-6(7(5)10)8(9(13)14)12-11-4/h2-3H,1H3,(H,11,12)(H,13,14). The Kier molecular flexibility index (Phi) is 2.24. The molecule has 0 aliphatic heterocycles. The van der Waals surface area contributed by atoms with Crippen molar-refractivity contribution in [1.82, 2.24) is 10.2 Å². The number of methoxy groups -OCH3 is 1. The molecule has 0 aliphatic carbocycles. The van der Waals surface area contributed by atoms with Gasteiger partial charge in [-0.2, -0.15) is 5.10 Å². The molecule has 78 valence electrons. The number of carboxylic acid groups (broad SMARTS) is 1. The fourth-order valence-corrected chi connectivity index (χ4v) is 1.70. The highest BCUT2D eigenvalue weighted by molar-refractivity contribution is 6.38. The Bertz CT molecular complexity index is 535. The highest BCUT2D eigenvalue weighted by atomic mass is 35.5. The number of nitrogens with one attached hydrogen (secondary N) is 1. The molecule has 0 fully saturated rings. The Morgan fingerprint density at radius 1 is 1.60 bits per heavy atom. The van der Waals surface area contributed by atoms with Crippen LogP contribution in [0.25, 0.3) is 10.9 Å². The van der Waals surface area contributed by atoms with E-state index in [0.29, 0.717) is 16.7 Å². The van der Waals surface area contributed by atoms with Crippen molar-refractivity contribution in [2.75, 3.05) is 7.11 Å². The van der Waals surface area contributed by atoms with Gasteiger partial charge in [0.1, 0.15) is 5.75 Å². The van der Waals surface area contributed by atoms with E-state index in [2.05, 4.69) is 10.2 Å². The number of rotatable bonds is 2. The fourth-order valence-electron chi connectivity index (χ4n) is 1.37. The Morgan fingerprint density at radius 2 is 2.33 bits per heavy atom. The highest BCUT2D eigenvalue weighted by Gasteiger charge is 2.17. The first-order chi connectivity index (χ1) is 7.15. The number of fused-ring (bicyclic) bond motifs is 1. The zero-order chi connectivity index (χ0) is 11.0. The minimum atomic E-state index is -1.13. The second-order valence-electron chi connectivity index (χ2n) is 2.88. The molecule has 1 heterocycles. The number of H-pyrrole nitrogens is 1. The lowest BCUT2D eigenvalue weighted by Crippen LogP contribution is -1.97. The number of aromatic nitrogens is 2. The van der Waals surface area contributed by atoms with Gasteiger partial charge in [0, 0.05) is 0 Å². The van der Waals surface area contributed by atoms with Gasteiger partial charge in [-0.15, -0.1) is 0 Å². The number of nitrogens with zero attached hydrogens (tertiary/aromatic N) is 1. The summed E-state index contributed by atoms with van der Waals surface area (Å²) in [6.45, 7) is 0. The van der Waals surface area contributed by atoms with Crippen LogP contribution in [0.15, 0.2) is 12.1 Å². The first kappa shape index (κ1) is 9.79. The molecule has 0 unspecified atom stereocenters. The van der Waals surface area contributed by atoms with Crippen LogP contribution in [0.4, 0.5) is 0 Å². The summed E-state index contributed by atoms with van der Waals surface area (Å²) >= 11 is 5.98. The monoisotopic (exact) mass is 226 g/mol. The summed E-state index contributed by atoms with van der Waals surface area (Å²) in [5.74, 6) is -0.704. The van der Waals surface area contributed by atoms with Crippen molar-refractivity contribution in [2.45, 2.75) is 0 Å². The van der Waals surface area contributed by atoms with Crippen LogP contribution in [0.2, 0.25) is 5.02 Å². The summed E-state index contributed by atoms with van der Waals surface area (Å²) in [5, 5.41) is 15.8. The predicted octanol–water partition coefficient (Wildman–Crippen LogP) is 1.92. The van der Waals surface area contributed by atoms with Crippen LogP contribution in [0, 0.1) is 0 Å². The molecule has 0 bridgehead atoms. The Morgan fingerprint density at radius 3 is 2.93 bits per heavy atom. The van der Waals surface area contributed by atoms with Crippen LogP contribution in [0.1, 0.15) is 10.5 Å². The second-order valence-corrected chi connectivity index (χ2v) is 3.26. The van der Waals surface area contributed by atoms with Crippen LogP contribution in [0.5, 0.6) is 5.75 Å². The molecule has 0 saturated carbocycles. The topological polar surface area (TPSA) is 75.2 Å². The van der Waals surface area contributed by atoms with Gasteiger partial charge in [-0.25, -0.2) is 4.79 Å². The van der Waals surface area contributed by atoms with E-state index >= 15 is 0 Å². The lowest BCUT2D eigenvalue weighted by molar-refractivity contribution is 0.0692. The van der Waals surface area contributed by atoms with Crippen LogP contribution in [0.3, 0.4) is 0 Å². The van der Waals surface area contributed by atoms with Gasteiger partial charge in [-0.3, -0.25) is 5.10 Å². The van der Waals surface area contributed by atoms with E-state index in [4.69, 9.17) is 21.4 Å². The number of hydrogen-bond acceptors (Lipinski definition) is 3. The van der Waals surface area contributed by atoms with Gasteiger partial charge < -0.3 is 9.84 Å². The van der Waals surface area contributed by atoms with Crippen molar-refractivity contribution >= 4 is 28.5 Å². The van der Waals surface area contributed by atoms with Gasteiger partial charge in [0.2, 0.25) is 0 Å². The van der Waals surface area contributed by atoms with Gasteiger partial charge in [-0.1, -0.05) is 11.6 Å². The number of ether oxygens (including phenoxy) is 1. The molecular weight excluding hydrogens is 220 g/mol. The van der Waals surface area contributed by atoms with E-state index in [1.165, 1.54) is 7.11 Å². The molecule has 2 aromatic rings. The van der Waals surface area contributed by atoms with Gasteiger partial charge in [0.15, 0.2) is 5.69 Å². The van der Waals surface area contributed by atoms with Crippen LogP contribution in [-0.2, 0) is 0 Å². The summed E-state index contributed by atoms with van der Waals surface area (Å²) in [4.78, 5) is 10.8. The number of halogens is 1.